The van der Waals surface area contributed by atoms with E-state index in [2.05, 4.69) is 26.2 Å². The molecule has 0 bridgehead atoms. The van der Waals surface area contributed by atoms with Crippen molar-refractivity contribution < 1.29 is 8.60 Å². The Labute approximate surface area is 99.1 Å². The van der Waals surface area contributed by atoms with E-state index in [-0.39, 0.29) is 11.9 Å². The summed E-state index contributed by atoms with van der Waals surface area (Å²) in [4.78, 5) is 3.89. The molecule has 1 N–H and O–H groups in total. The highest BCUT2D eigenvalue weighted by Crippen LogP contribution is 2.16. The molecule has 1 heterocycles. The van der Waals surface area contributed by atoms with Crippen LogP contribution >= 0.6 is 15.9 Å². The first kappa shape index (κ1) is 12.6. The van der Waals surface area contributed by atoms with Crippen LogP contribution in [0.1, 0.15) is 6.92 Å². The number of nitrogens with one attached hydrogen (secondary N) is 1. The van der Waals surface area contributed by atoms with Crippen LogP contribution in [0.2, 0.25) is 0 Å². The van der Waals surface area contributed by atoms with E-state index in [0.29, 0.717) is 10.2 Å². The van der Waals surface area contributed by atoms with Crippen LogP contribution in [0.5, 0.6) is 0 Å². The molecular weight excluding hydrogens is 283 g/mol. The number of hydrogen-bond donors (Lipinski definition) is 1. The SMILES string of the molecule is CC(CS(C)=O)Nc1ncc(Br)cc1F. The molecule has 0 saturated heterocycles. The van der Waals surface area contributed by atoms with E-state index in [1.165, 1.54) is 12.3 Å². The Morgan fingerprint density at radius 1 is 1.73 bits per heavy atom. The van der Waals surface area contributed by atoms with Crippen molar-refractivity contribution in [3.63, 3.8) is 0 Å². The van der Waals surface area contributed by atoms with Crippen LogP contribution in [0.15, 0.2) is 16.7 Å². The van der Waals surface area contributed by atoms with E-state index in [1.807, 2.05) is 6.92 Å². The van der Waals surface area contributed by atoms with Gasteiger partial charge in [0.05, 0.1) is 0 Å². The topological polar surface area (TPSA) is 42.0 Å². The Balaban J connectivity index is 2.68. The number of rotatable bonds is 4. The van der Waals surface area contributed by atoms with Gasteiger partial charge in [0.25, 0.3) is 0 Å². The molecule has 2 unspecified atom stereocenters. The van der Waals surface area contributed by atoms with Crippen molar-refractivity contribution in [3.05, 3.63) is 22.6 Å². The number of anilines is 1. The minimum absolute atomic E-state index is 0.0704. The molecule has 0 fully saturated rings. The molecule has 0 saturated carbocycles. The van der Waals surface area contributed by atoms with Crippen LogP contribution in [0.25, 0.3) is 0 Å². The van der Waals surface area contributed by atoms with E-state index < -0.39 is 16.6 Å². The average Bonchev–Trinajstić information content (AvgIpc) is 2.08. The molecule has 84 valence electrons. The summed E-state index contributed by atoms with van der Waals surface area (Å²) in [6.45, 7) is 1.84. The Kier molecular flexibility index (Phi) is 4.66. The fraction of sp³-hybridized carbons (Fsp3) is 0.444. The van der Waals surface area contributed by atoms with Gasteiger partial charge in [0, 0.05) is 39.5 Å². The van der Waals surface area contributed by atoms with Gasteiger partial charge in [-0.25, -0.2) is 9.37 Å². The Morgan fingerprint density at radius 2 is 2.40 bits per heavy atom. The van der Waals surface area contributed by atoms with Gasteiger partial charge in [-0.05, 0) is 28.9 Å². The monoisotopic (exact) mass is 294 g/mol. The molecule has 1 aromatic rings. The maximum absolute atomic E-state index is 13.3. The number of hydrogen-bond acceptors (Lipinski definition) is 3. The second-order valence-electron chi connectivity index (χ2n) is 3.27. The van der Waals surface area contributed by atoms with Crippen LogP contribution in [-0.2, 0) is 10.8 Å². The zero-order chi connectivity index (χ0) is 11.4. The third kappa shape index (κ3) is 4.25. The molecule has 3 nitrogen and oxygen atoms in total. The van der Waals surface area contributed by atoms with Gasteiger partial charge in [0.15, 0.2) is 11.6 Å². The molecular formula is C9H12BrFN2OS. The summed E-state index contributed by atoms with van der Waals surface area (Å²) in [6, 6.07) is 1.27. The highest BCUT2D eigenvalue weighted by atomic mass is 79.9. The third-order valence-corrected chi connectivity index (χ3v) is 3.08. The average molecular weight is 295 g/mol. The van der Waals surface area contributed by atoms with Gasteiger partial charge >= 0.3 is 0 Å². The number of nitrogens with zero attached hydrogens (tertiary/aromatic N) is 1. The molecule has 0 aliphatic rings. The van der Waals surface area contributed by atoms with Crippen LogP contribution in [0, 0.1) is 5.82 Å². The van der Waals surface area contributed by atoms with Gasteiger partial charge in [0.2, 0.25) is 0 Å². The molecule has 0 spiro atoms. The van der Waals surface area contributed by atoms with E-state index in [9.17, 15) is 8.60 Å². The summed E-state index contributed by atoms with van der Waals surface area (Å²) in [5.74, 6) is 0.242. The zero-order valence-corrected chi connectivity index (χ0v) is 10.9. The van der Waals surface area contributed by atoms with Gasteiger partial charge in [-0.1, -0.05) is 0 Å². The highest BCUT2D eigenvalue weighted by molar-refractivity contribution is 9.10. The second-order valence-corrected chi connectivity index (χ2v) is 5.66. The van der Waals surface area contributed by atoms with Gasteiger partial charge in [-0.3, -0.25) is 4.21 Å². The van der Waals surface area contributed by atoms with Gasteiger partial charge in [-0.15, -0.1) is 0 Å². The highest BCUT2D eigenvalue weighted by Gasteiger charge is 2.09. The van der Waals surface area contributed by atoms with Gasteiger partial charge in [-0.2, -0.15) is 0 Å². The molecule has 15 heavy (non-hydrogen) atoms. The summed E-state index contributed by atoms with van der Waals surface area (Å²) in [7, 11) is -0.902. The fourth-order valence-electron chi connectivity index (χ4n) is 1.15. The van der Waals surface area contributed by atoms with Crippen molar-refractivity contribution in [2.75, 3.05) is 17.3 Å². The Morgan fingerprint density at radius 3 is 2.93 bits per heavy atom. The third-order valence-electron chi connectivity index (χ3n) is 1.68. The lowest BCUT2D eigenvalue weighted by Crippen LogP contribution is -2.23. The number of pyridine rings is 1. The Hall–Kier alpha value is -0.490. The van der Waals surface area contributed by atoms with Gasteiger partial charge in [0.1, 0.15) is 0 Å². The van der Waals surface area contributed by atoms with Crippen LogP contribution < -0.4 is 5.32 Å². The molecule has 6 heteroatoms. The molecule has 0 aromatic carbocycles. The molecule has 1 rings (SSSR count). The molecule has 0 aliphatic carbocycles. The van der Waals surface area contributed by atoms with Crippen LogP contribution in [-0.4, -0.2) is 27.2 Å². The molecule has 0 amide bonds. The first-order valence-corrected chi connectivity index (χ1v) is 6.88. The lowest BCUT2D eigenvalue weighted by molar-refractivity contribution is 0.620. The maximum Gasteiger partial charge on any atom is 0.166 e. The summed E-state index contributed by atoms with van der Waals surface area (Å²) >= 11 is 3.12. The quantitative estimate of drug-likeness (QED) is 0.925. The molecule has 2 atom stereocenters. The molecule has 0 aliphatic heterocycles. The summed E-state index contributed by atoms with van der Waals surface area (Å²) in [6.07, 6.45) is 3.13. The van der Waals surface area contributed by atoms with E-state index in [1.54, 1.807) is 6.26 Å². The van der Waals surface area contributed by atoms with Gasteiger partial charge < -0.3 is 5.32 Å². The van der Waals surface area contributed by atoms with Crippen molar-refractivity contribution in [3.8, 4) is 0 Å². The predicted molar refractivity (Wildman–Crippen MR) is 63.9 cm³/mol. The van der Waals surface area contributed by atoms with E-state index in [0.717, 1.165) is 0 Å². The van der Waals surface area contributed by atoms with Crippen molar-refractivity contribution in [2.45, 2.75) is 13.0 Å². The molecule has 1 aromatic heterocycles. The van der Waals surface area contributed by atoms with Crippen molar-refractivity contribution in [1.29, 1.82) is 0 Å². The smallest absolute Gasteiger partial charge is 0.166 e. The first-order valence-electron chi connectivity index (χ1n) is 4.36. The standard InChI is InChI=1S/C9H12BrFN2OS/c1-6(5-15(2)14)13-9-8(11)3-7(10)4-12-9/h3-4,6H,5H2,1-2H3,(H,12,13). The van der Waals surface area contributed by atoms with E-state index in [4.69, 9.17) is 0 Å². The lowest BCUT2D eigenvalue weighted by atomic mass is 10.3. The molecule has 0 radical (unpaired) electrons. The van der Waals surface area contributed by atoms with Crippen LogP contribution in [0.3, 0.4) is 0 Å². The van der Waals surface area contributed by atoms with Crippen molar-refractivity contribution in [1.82, 2.24) is 4.98 Å². The van der Waals surface area contributed by atoms with Crippen molar-refractivity contribution >= 4 is 32.5 Å². The normalized spacial score (nSPS) is 14.7. The fourth-order valence-corrected chi connectivity index (χ4v) is 2.24. The summed E-state index contributed by atoms with van der Waals surface area (Å²) in [5, 5.41) is 2.87. The van der Waals surface area contributed by atoms with E-state index >= 15 is 0 Å². The first-order chi connectivity index (χ1) is 6.99. The maximum atomic E-state index is 13.3. The van der Waals surface area contributed by atoms with Crippen LogP contribution in [0.4, 0.5) is 10.2 Å². The second kappa shape index (κ2) is 5.55. The number of aromatic nitrogens is 1. The van der Waals surface area contributed by atoms with Crippen molar-refractivity contribution in [2.24, 2.45) is 0 Å². The summed E-state index contributed by atoms with van der Waals surface area (Å²) in [5.41, 5.74) is 0. The predicted octanol–water partition coefficient (Wildman–Crippen LogP) is 2.16. The zero-order valence-electron chi connectivity index (χ0n) is 8.46. The Bertz CT molecular complexity index is 375. The minimum atomic E-state index is -0.902. The lowest BCUT2D eigenvalue weighted by Gasteiger charge is -2.13. The summed E-state index contributed by atoms with van der Waals surface area (Å²) < 4.78 is 24.8. The minimum Gasteiger partial charge on any atom is -0.364 e. The number of halogens is 2. The largest absolute Gasteiger partial charge is 0.364 e.